The Hall–Kier alpha value is -4.09. The topological polar surface area (TPSA) is 97.0 Å². The largest absolute Gasteiger partial charge is 0.490 e. The Kier molecular flexibility index (Phi) is 9.28. The lowest BCUT2D eigenvalue weighted by Crippen LogP contribution is -2.54. The number of benzene rings is 3. The van der Waals surface area contributed by atoms with Crippen LogP contribution in [0.2, 0.25) is 0 Å². The summed E-state index contributed by atoms with van der Waals surface area (Å²) in [6, 6.07) is 15.9. The van der Waals surface area contributed by atoms with Gasteiger partial charge in [-0.25, -0.2) is 4.39 Å². The zero-order valence-electron chi connectivity index (χ0n) is 21.6. The zero-order chi connectivity index (χ0) is 28.8. The maximum absolute atomic E-state index is 13.4. The SMILES string of the molecule is CCOc1cc(/C=C2\C(=O)NC(=S)N(c3ccc(CC)cc3)C2=O)cc(Br)c1OCC(=O)Nc1ccc(F)cc1. The summed E-state index contributed by atoms with van der Waals surface area (Å²) in [6.07, 6.45) is 2.28. The summed E-state index contributed by atoms with van der Waals surface area (Å²) in [7, 11) is 0. The minimum Gasteiger partial charge on any atom is -0.490 e. The first-order chi connectivity index (χ1) is 19.2. The maximum atomic E-state index is 13.4. The number of hydrogen-bond donors (Lipinski definition) is 2. The normalized spacial score (nSPS) is 14.2. The number of carbonyl (C=O) groups excluding carboxylic acids is 3. The molecule has 3 aromatic carbocycles. The van der Waals surface area contributed by atoms with Gasteiger partial charge in [0.25, 0.3) is 17.7 Å². The van der Waals surface area contributed by atoms with Gasteiger partial charge >= 0.3 is 0 Å². The third kappa shape index (κ3) is 6.72. The second kappa shape index (κ2) is 12.8. The van der Waals surface area contributed by atoms with E-state index in [0.717, 1.165) is 12.0 Å². The van der Waals surface area contributed by atoms with Crippen LogP contribution in [-0.4, -0.2) is 36.0 Å². The van der Waals surface area contributed by atoms with Crippen LogP contribution in [0.25, 0.3) is 6.08 Å². The van der Waals surface area contributed by atoms with Crippen LogP contribution >= 0.6 is 28.1 Å². The molecule has 1 fully saturated rings. The summed E-state index contributed by atoms with van der Waals surface area (Å²) < 4.78 is 25.0. The Balaban J connectivity index is 1.57. The van der Waals surface area contributed by atoms with E-state index in [2.05, 4.69) is 26.6 Å². The third-order valence-corrected chi connectivity index (χ3v) is 6.70. The number of carbonyl (C=O) groups is 3. The van der Waals surface area contributed by atoms with Crippen LogP contribution in [0.1, 0.15) is 25.0 Å². The van der Waals surface area contributed by atoms with Gasteiger partial charge in [0, 0.05) is 5.69 Å². The monoisotopic (exact) mass is 625 g/mol. The minimum atomic E-state index is -0.622. The molecule has 0 spiro atoms. The zero-order valence-corrected chi connectivity index (χ0v) is 24.0. The van der Waals surface area contributed by atoms with E-state index in [1.807, 2.05) is 19.1 Å². The van der Waals surface area contributed by atoms with Gasteiger partial charge in [-0.1, -0.05) is 19.1 Å². The molecule has 8 nitrogen and oxygen atoms in total. The van der Waals surface area contributed by atoms with Crippen LogP contribution in [0.5, 0.6) is 11.5 Å². The number of aryl methyl sites for hydroxylation is 1. The van der Waals surface area contributed by atoms with Gasteiger partial charge in [-0.2, -0.15) is 0 Å². The van der Waals surface area contributed by atoms with Gasteiger partial charge in [0.2, 0.25) is 0 Å². The number of thiocarbonyl (C=S) groups is 1. The van der Waals surface area contributed by atoms with E-state index in [4.69, 9.17) is 21.7 Å². The van der Waals surface area contributed by atoms with Crippen molar-refractivity contribution >= 4 is 68.4 Å². The summed E-state index contributed by atoms with van der Waals surface area (Å²) in [5, 5.41) is 5.19. The fourth-order valence-electron chi connectivity index (χ4n) is 3.88. The number of nitrogens with zero attached hydrogens (tertiary/aromatic N) is 1. The molecule has 0 radical (unpaired) electrons. The first-order valence-electron chi connectivity index (χ1n) is 12.3. The minimum absolute atomic E-state index is 0.00440. The van der Waals surface area contributed by atoms with Crippen molar-refractivity contribution in [3.63, 3.8) is 0 Å². The van der Waals surface area contributed by atoms with E-state index < -0.39 is 23.5 Å². The number of rotatable bonds is 9. The van der Waals surface area contributed by atoms with Crippen molar-refractivity contribution in [1.82, 2.24) is 5.32 Å². The summed E-state index contributed by atoms with van der Waals surface area (Å²) in [4.78, 5) is 39.8. The highest BCUT2D eigenvalue weighted by Crippen LogP contribution is 2.38. The lowest BCUT2D eigenvalue weighted by Gasteiger charge is -2.29. The molecule has 40 heavy (non-hydrogen) atoms. The smallest absolute Gasteiger partial charge is 0.270 e. The second-order valence-corrected chi connectivity index (χ2v) is 9.83. The molecule has 206 valence electrons. The van der Waals surface area contributed by atoms with Crippen molar-refractivity contribution in [3.8, 4) is 11.5 Å². The Morgan fingerprint density at radius 1 is 1.07 bits per heavy atom. The van der Waals surface area contributed by atoms with Gasteiger partial charge in [0.15, 0.2) is 23.2 Å². The number of halogens is 2. The van der Waals surface area contributed by atoms with Crippen LogP contribution in [0.3, 0.4) is 0 Å². The molecule has 3 amide bonds. The van der Waals surface area contributed by atoms with Gasteiger partial charge in [0.05, 0.1) is 16.8 Å². The van der Waals surface area contributed by atoms with E-state index in [0.29, 0.717) is 33.8 Å². The van der Waals surface area contributed by atoms with Gasteiger partial charge in [-0.3, -0.25) is 24.6 Å². The number of hydrogen-bond acceptors (Lipinski definition) is 6. The van der Waals surface area contributed by atoms with Crippen molar-refractivity contribution in [1.29, 1.82) is 0 Å². The predicted molar refractivity (Wildman–Crippen MR) is 158 cm³/mol. The molecule has 0 unspecified atom stereocenters. The maximum Gasteiger partial charge on any atom is 0.270 e. The fourth-order valence-corrected chi connectivity index (χ4v) is 4.74. The molecule has 3 aromatic rings. The second-order valence-electron chi connectivity index (χ2n) is 8.58. The molecule has 2 N–H and O–H groups in total. The highest BCUT2D eigenvalue weighted by Gasteiger charge is 2.34. The quantitative estimate of drug-likeness (QED) is 0.188. The highest BCUT2D eigenvalue weighted by molar-refractivity contribution is 9.10. The first-order valence-corrected chi connectivity index (χ1v) is 13.5. The molecule has 0 atom stereocenters. The molecule has 0 aliphatic carbocycles. The van der Waals surface area contributed by atoms with Crippen molar-refractivity contribution in [2.24, 2.45) is 0 Å². The average Bonchev–Trinajstić information content (AvgIpc) is 2.92. The molecule has 1 heterocycles. The van der Waals surface area contributed by atoms with E-state index in [9.17, 15) is 18.8 Å². The van der Waals surface area contributed by atoms with Crippen LogP contribution in [0.15, 0.2) is 70.7 Å². The van der Waals surface area contributed by atoms with Crippen molar-refractivity contribution < 1.29 is 28.2 Å². The number of amides is 3. The lowest BCUT2D eigenvalue weighted by molar-refractivity contribution is -0.122. The summed E-state index contributed by atoms with van der Waals surface area (Å²) in [5.74, 6) is -1.50. The molecule has 0 saturated carbocycles. The van der Waals surface area contributed by atoms with E-state index in [1.54, 1.807) is 31.2 Å². The van der Waals surface area contributed by atoms with Crippen LogP contribution in [0.4, 0.5) is 15.8 Å². The molecular formula is C29H25BrFN3O5S. The Labute approximate surface area is 244 Å². The summed E-state index contributed by atoms with van der Waals surface area (Å²) in [6.45, 7) is 3.76. The van der Waals surface area contributed by atoms with Gasteiger partial charge in [0.1, 0.15) is 11.4 Å². The van der Waals surface area contributed by atoms with Crippen molar-refractivity contribution in [2.45, 2.75) is 20.3 Å². The summed E-state index contributed by atoms with van der Waals surface area (Å²) >= 11 is 8.72. The molecule has 0 aromatic heterocycles. The number of nitrogens with one attached hydrogen (secondary N) is 2. The molecule has 4 rings (SSSR count). The van der Waals surface area contributed by atoms with Crippen molar-refractivity contribution in [2.75, 3.05) is 23.4 Å². The molecule has 0 bridgehead atoms. The molecule has 1 aliphatic heterocycles. The van der Waals surface area contributed by atoms with E-state index in [1.165, 1.54) is 35.2 Å². The van der Waals surface area contributed by atoms with Gasteiger partial charge in [-0.15, -0.1) is 0 Å². The van der Waals surface area contributed by atoms with E-state index >= 15 is 0 Å². The third-order valence-electron chi connectivity index (χ3n) is 5.82. The first kappa shape index (κ1) is 28.9. The molecular weight excluding hydrogens is 601 g/mol. The number of ether oxygens (including phenoxy) is 2. The van der Waals surface area contributed by atoms with Crippen LogP contribution < -0.4 is 25.0 Å². The predicted octanol–water partition coefficient (Wildman–Crippen LogP) is 5.40. The van der Waals surface area contributed by atoms with Gasteiger partial charge < -0.3 is 14.8 Å². The van der Waals surface area contributed by atoms with Gasteiger partial charge in [-0.05, 0) is 107 Å². The molecule has 1 saturated heterocycles. The molecule has 1 aliphatic rings. The fraction of sp³-hybridized carbons (Fsp3) is 0.172. The van der Waals surface area contributed by atoms with Crippen LogP contribution in [-0.2, 0) is 20.8 Å². The van der Waals surface area contributed by atoms with Crippen LogP contribution in [0, 0.1) is 5.82 Å². The lowest BCUT2D eigenvalue weighted by atomic mass is 10.1. The Bertz CT molecular complexity index is 1490. The van der Waals surface area contributed by atoms with Crippen molar-refractivity contribution in [3.05, 3.63) is 87.7 Å². The molecule has 11 heteroatoms. The Morgan fingerprint density at radius 2 is 1.77 bits per heavy atom. The summed E-state index contributed by atoms with van der Waals surface area (Å²) in [5.41, 5.74) is 2.42. The standard InChI is InChI=1S/C29H25BrFN3O5S/c1-3-17-5-11-21(12-6-17)34-28(37)22(27(36)33-29(34)40)13-18-14-23(30)26(24(15-18)38-4-2)39-16-25(35)32-20-9-7-19(31)8-10-20/h5-15H,3-4,16H2,1-2H3,(H,32,35)(H,33,36,40)/b22-13+. The number of anilines is 2. The highest BCUT2D eigenvalue weighted by atomic mass is 79.9. The average molecular weight is 627 g/mol. The van der Waals surface area contributed by atoms with E-state index in [-0.39, 0.29) is 23.0 Å². The Morgan fingerprint density at radius 3 is 2.42 bits per heavy atom.